The van der Waals surface area contributed by atoms with Crippen LogP contribution in [0.2, 0.25) is 0 Å². The Labute approximate surface area is 777 Å². The summed E-state index contributed by atoms with van der Waals surface area (Å²) >= 11 is 0. The van der Waals surface area contributed by atoms with Crippen LogP contribution in [0.4, 0.5) is 0 Å². The van der Waals surface area contributed by atoms with Crippen LogP contribution in [0, 0.1) is 29.6 Å². The number of benzene rings is 1. The summed E-state index contributed by atoms with van der Waals surface area (Å²) in [7, 11) is 1.44. The third kappa shape index (κ3) is 132. The third-order valence-corrected chi connectivity index (χ3v) is 23.2. The number of hydrogen-bond acceptors (Lipinski definition) is 10. The van der Waals surface area contributed by atoms with Crippen molar-refractivity contribution in [3.05, 3.63) is 96.7 Å². The maximum absolute atomic E-state index is 10.9. The maximum Gasteiger partial charge on any atom is 0.161 e. The van der Waals surface area contributed by atoms with E-state index in [1.165, 1.54) is 341 Å². The van der Waals surface area contributed by atoms with Crippen LogP contribution < -0.4 is 4.74 Å². The first-order chi connectivity index (χ1) is 60.0. The SMILES string of the molecule is CCC(C)CCCC/C=C/CCCCCCC(C)=O.CCC(C)CCCC/C=C\CCCCCCC(C)=O.CCCCC(C)=O.CCCCCC/C=C/C(C)=O.CC[C@@H](C)CCCC/C=C/CCCCCCC(C)=O.CC[C@H](C)CCCC/C=C/CCCCCCC(C)=O.CC[C@H](C)CCCC/C=C\CCCCCCC(C)=O.COc1cc(C(C)=O)ccc1O. The van der Waals surface area contributed by atoms with Gasteiger partial charge in [-0.2, -0.15) is 0 Å². The zero-order valence-corrected chi connectivity index (χ0v) is 86.7. The summed E-state index contributed by atoms with van der Waals surface area (Å²) in [4.78, 5) is 85.3. The van der Waals surface area contributed by atoms with Gasteiger partial charge < -0.3 is 38.6 Å². The number of allylic oxidation sites excluding steroid dienone is 12. The number of rotatable bonds is 76. The Morgan fingerprint density at radius 3 is 0.656 bits per heavy atom. The number of hydrogen-bond donors (Lipinski definition) is 1. The number of aromatic hydroxyl groups is 1. The fourth-order valence-electron chi connectivity index (χ4n) is 13.2. The average molecular weight is 1750 g/mol. The van der Waals surface area contributed by atoms with E-state index < -0.39 is 0 Å². The second kappa shape index (κ2) is 111. The van der Waals surface area contributed by atoms with Gasteiger partial charge in [0.25, 0.3) is 0 Å². The second-order valence-corrected chi connectivity index (χ2v) is 36.7. The van der Waals surface area contributed by atoms with Crippen LogP contribution in [0.15, 0.2) is 91.1 Å². The summed E-state index contributed by atoms with van der Waals surface area (Å²) in [5.41, 5.74) is 0.532. The Morgan fingerprint density at radius 1 is 0.272 bits per heavy atom. The van der Waals surface area contributed by atoms with E-state index in [1.54, 1.807) is 60.6 Å². The standard InChI is InChI=1S/5C18H34O.C10H18O.C9H10O3.C6H12O/c5*1-4-17(2)15-13-11-9-7-5-6-8-10-12-14-16-18(3)19;1-3-4-5-6-7-8-9-10(2)11;1-6(10)7-3-4-8(11)9(5-7)12-2;1-3-4-5-6(2)7/h5*5,7,17H,4,6,8-16H2,1-3H3;8-9H,3-7H2,1-2H3;3-5,11H,1-2H3;3-5H2,1-2H3/b3*7-5+;2*7-5-;9-8+;;/t2*17-;;17-;;;;/m10.0..../s1. The fraction of sp³-hybridized carbons (Fsp3) is 0.774. The molecule has 0 saturated carbocycles. The van der Waals surface area contributed by atoms with Crippen molar-refractivity contribution in [3.8, 4) is 11.5 Å². The Hall–Kier alpha value is -5.38. The Balaban J connectivity index is -0.000000258. The summed E-state index contributed by atoms with van der Waals surface area (Å²) in [5.74, 6) is 6.94. The number of unbranched alkanes of at least 4 members (excludes halogenated alkanes) is 35. The molecule has 0 aliphatic heterocycles. The smallest absolute Gasteiger partial charge is 0.161 e. The van der Waals surface area contributed by atoms with Crippen molar-refractivity contribution >= 4 is 46.3 Å². The van der Waals surface area contributed by atoms with Gasteiger partial charge in [-0.1, -0.05) is 336 Å². The topological polar surface area (TPSA) is 166 Å². The third-order valence-electron chi connectivity index (χ3n) is 23.2. The molecular formula is C115H210O10. The summed E-state index contributed by atoms with van der Waals surface area (Å²) in [6, 6.07) is 4.51. The summed E-state index contributed by atoms with van der Waals surface area (Å²) in [6.07, 6.45) is 104. The molecule has 0 radical (unpaired) electrons. The lowest BCUT2D eigenvalue weighted by atomic mass is 10.0. The molecule has 730 valence electrons. The Bertz CT molecular complexity index is 2410. The van der Waals surface area contributed by atoms with E-state index in [9.17, 15) is 43.5 Å². The number of phenols is 1. The van der Waals surface area contributed by atoms with Crippen LogP contribution in [0.25, 0.3) is 0 Å². The van der Waals surface area contributed by atoms with Crippen molar-refractivity contribution in [2.45, 2.75) is 543 Å². The first-order valence-electron chi connectivity index (χ1n) is 52.3. The van der Waals surface area contributed by atoms with Gasteiger partial charge in [-0.3, -0.25) is 9.59 Å². The molecule has 0 saturated heterocycles. The van der Waals surface area contributed by atoms with Crippen LogP contribution in [0.1, 0.15) is 553 Å². The zero-order chi connectivity index (χ0) is 95.1. The molecule has 125 heavy (non-hydrogen) atoms. The molecule has 0 fully saturated rings. The minimum atomic E-state index is -0.0479. The van der Waals surface area contributed by atoms with Crippen LogP contribution in [-0.2, 0) is 33.6 Å². The van der Waals surface area contributed by atoms with Gasteiger partial charge >= 0.3 is 0 Å². The number of carbonyl (C=O) groups excluding carboxylic acids is 8. The van der Waals surface area contributed by atoms with E-state index in [0.29, 0.717) is 46.0 Å². The van der Waals surface area contributed by atoms with Gasteiger partial charge in [-0.15, -0.1) is 0 Å². The molecule has 0 spiro atoms. The molecule has 0 aliphatic rings. The lowest BCUT2D eigenvalue weighted by Crippen LogP contribution is -1.92. The van der Waals surface area contributed by atoms with Crippen molar-refractivity contribution in [2.24, 2.45) is 29.6 Å². The first-order valence-corrected chi connectivity index (χ1v) is 52.3. The van der Waals surface area contributed by atoms with E-state index in [1.807, 2.05) is 6.08 Å². The quantitative estimate of drug-likeness (QED) is 0.0287. The monoisotopic (exact) mass is 1750 g/mol. The minimum Gasteiger partial charge on any atom is -0.504 e. The minimum absolute atomic E-state index is 0.0440. The van der Waals surface area contributed by atoms with Crippen molar-refractivity contribution in [3.63, 3.8) is 0 Å². The number of ketones is 8. The fourth-order valence-corrected chi connectivity index (χ4v) is 13.2. The predicted octanol–water partition coefficient (Wildman–Crippen LogP) is 36.9. The van der Waals surface area contributed by atoms with Crippen LogP contribution >= 0.6 is 0 Å². The molecule has 1 aromatic rings. The van der Waals surface area contributed by atoms with Crippen molar-refractivity contribution in [1.29, 1.82) is 0 Å². The highest BCUT2D eigenvalue weighted by Gasteiger charge is 2.07. The zero-order valence-electron chi connectivity index (χ0n) is 86.7. The Morgan fingerprint density at radius 2 is 0.472 bits per heavy atom. The molecule has 1 aromatic carbocycles. The van der Waals surface area contributed by atoms with Gasteiger partial charge in [0.05, 0.1) is 7.11 Å². The average Bonchev–Trinajstić information content (AvgIpc) is 0.868. The number of methoxy groups -OCH3 is 1. The lowest BCUT2D eigenvalue weighted by molar-refractivity contribution is -0.117. The number of Topliss-reactive ketones (excluding diaryl/α,β-unsaturated/α-hetero) is 7. The molecule has 10 nitrogen and oxygen atoms in total. The second-order valence-electron chi connectivity index (χ2n) is 36.7. The van der Waals surface area contributed by atoms with E-state index in [4.69, 9.17) is 4.74 Å². The van der Waals surface area contributed by atoms with Gasteiger partial charge in [0.1, 0.15) is 34.7 Å². The van der Waals surface area contributed by atoms with E-state index in [0.717, 1.165) is 119 Å². The van der Waals surface area contributed by atoms with E-state index >= 15 is 0 Å². The lowest BCUT2D eigenvalue weighted by Gasteiger charge is -2.06. The normalized spacial score (nSPS) is 12.2. The number of phenolic OH excluding ortho intramolecular Hbond substituents is 1. The van der Waals surface area contributed by atoms with Gasteiger partial charge in [0.15, 0.2) is 23.1 Å². The molecule has 10 heteroatoms. The molecule has 1 rings (SSSR count). The van der Waals surface area contributed by atoms with E-state index in [2.05, 4.69) is 144 Å². The van der Waals surface area contributed by atoms with E-state index in [-0.39, 0.29) is 17.3 Å². The van der Waals surface area contributed by atoms with Crippen molar-refractivity contribution < 1.29 is 48.2 Å². The number of ether oxygens (including phenoxy) is 1. The molecule has 0 bridgehead atoms. The highest BCUT2D eigenvalue weighted by Crippen LogP contribution is 2.27. The van der Waals surface area contributed by atoms with Crippen LogP contribution in [0.3, 0.4) is 0 Å². The highest BCUT2D eigenvalue weighted by molar-refractivity contribution is 5.94. The summed E-state index contributed by atoms with van der Waals surface area (Å²) < 4.78 is 4.83. The van der Waals surface area contributed by atoms with Gasteiger partial charge in [-0.05, 0) is 289 Å². The summed E-state index contributed by atoms with van der Waals surface area (Å²) in [6.45, 7) is 40.5. The molecule has 5 atom stereocenters. The first kappa shape index (κ1) is 133. The van der Waals surface area contributed by atoms with Gasteiger partial charge in [-0.25, -0.2) is 0 Å². The molecule has 0 aromatic heterocycles. The summed E-state index contributed by atoms with van der Waals surface area (Å²) in [5, 5.41) is 9.18. The van der Waals surface area contributed by atoms with Crippen LogP contribution in [-0.4, -0.2) is 58.5 Å². The van der Waals surface area contributed by atoms with Crippen LogP contribution in [0.5, 0.6) is 11.5 Å². The molecule has 2 unspecified atom stereocenters. The molecule has 1 N–H and O–H groups in total. The number of carbonyl (C=O) groups is 8. The highest BCUT2D eigenvalue weighted by atomic mass is 16.5. The predicted molar refractivity (Wildman–Crippen MR) is 551 cm³/mol. The molecule has 0 amide bonds. The van der Waals surface area contributed by atoms with Crippen molar-refractivity contribution in [1.82, 2.24) is 0 Å². The Kier molecular flexibility index (Phi) is 118. The largest absolute Gasteiger partial charge is 0.504 e. The molecule has 0 aliphatic carbocycles. The maximum atomic E-state index is 10.9. The molecular weight excluding hydrogens is 1540 g/mol. The van der Waals surface area contributed by atoms with Gasteiger partial charge in [0.2, 0.25) is 0 Å². The van der Waals surface area contributed by atoms with Gasteiger partial charge in [0, 0.05) is 44.1 Å². The van der Waals surface area contributed by atoms with Crippen molar-refractivity contribution in [2.75, 3.05) is 7.11 Å². The molecule has 0 heterocycles.